The molecule has 15 nitrogen and oxygen atoms in total. The molecule has 0 heterocycles. The lowest BCUT2D eigenvalue weighted by Crippen LogP contribution is -2.32. The topological polar surface area (TPSA) is 246 Å². The van der Waals surface area contributed by atoms with Crippen molar-refractivity contribution in [2.24, 2.45) is 0 Å². The molecule has 0 aliphatic heterocycles. The van der Waals surface area contributed by atoms with Gasteiger partial charge in [0.15, 0.2) is 5.25 Å². The predicted molar refractivity (Wildman–Crippen MR) is 203 cm³/mol. The number of carbonyl (C=O) groups is 2. The Labute approximate surface area is 314 Å². The number of unbranched alkanes of at least 4 members (excludes halogenated alkanes) is 17. The van der Waals surface area contributed by atoms with Crippen LogP contribution in [0.4, 0.5) is 0 Å². The van der Waals surface area contributed by atoms with E-state index < -0.39 is 33.7 Å². The van der Waals surface area contributed by atoms with Crippen LogP contribution in [0.25, 0.3) is 0 Å². The van der Waals surface area contributed by atoms with Crippen LogP contribution in [0.5, 0.6) is 0 Å². The second-order valence-electron chi connectivity index (χ2n) is 12.8. The number of aliphatic hydroxyl groups is 6. The van der Waals surface area contributed by atoms with E-state index in [-0.39, 0.29) is 46.2 Å². The zero-order chi connectivity index (χ0) is 39.7. The third kappa shape index (κ3) is 41.3. The molecule has 0 aliphatic carbocycles. The van der Waals surface area contributed by atoms with E-state index in [1.807, 2.05) is 0 Å². The molecule has 0 bridgehead atoms. The van der Waals surface area contributed by atoms with Gasteiger partial charge in [-0.3, -0.25) is 23.9 Å². The van der Waals surface area contributed by atoms with Crippen molar-refractivity contribution in [3.8, 4) is 0 Å². The summed E-state index contributed by atoms with van der Waals surface area (Å²) in [6, 6.07) is 0. The fourth-order valence-electron chi connectivity index (χ4n) is 5.24. The van der Waals surface area contributed by atoms with Crippen LogP contribution in [0.15, 0.2) is 0 Å². The normalized spacial score (nSPS) is 11.9. The standard InChI is InChI=1S/C24H46O7S.2C6H15NO3/c1-2-3-4-5-6-7-8-9-10-11-12-13-14-15-16-17-18-19-20-31-23(25)21-22(24(26)27)32(28,29)30;2*8-4-1-7(2-5-9)3-6-10/h22H,2-21H2,1H3,(H,26,27)(H,28,29,30);2*8-10H,1-6H2. The van der Waals surface area contributed by atoms with E-state index in [2.05, 4.69) is 6.92 Å². The van der Waals surface area contributed by atoms with Crippen LogP contribution in [0.1, 0.15) is 129 Å². The number of carbonyl (C=O) groups excluding carboxylic acids is 1. The molecule has 16 heteroatoms. The Morgan fingerprint density at radius 2 is 0.788 bits per heavy atom. The van der Waals surface area contributed by atoms with E-state index in [4.69, 9.17) is 45.0 Å². The number of carboxylic acid groups (broad SMARTS) is 1. The van der Waals surface area contributed by atoms with Crippen LogP contribution in [-0.4, -0.2) is 161 Å². The molecule has 0 amide bonds. The van der Waals surface area contributed by atoms with Crippen molar-refractivity contribution in [2.45, 2.75) is 134 Å². The van der Waals surface area contributed by atoms with Gasteiger partial charge < -0.3 is 40.5 Å². The predicted octanol–water partition coefficient (Wildman–Crippen LogP) is 2.83. The van der Waals surface area contributed by atoms with Crippen molar-refractivity contribution < 1.29 is 63.0 Å². The molecule has 0 aromatic rings. The number of nitrogens with zero attached hydrogens (tertiary/aromatic N) is 2. The molecule has 0 saturated heterocycles. The minimum absolute atomic E-state index is 0.0694. The van der Waals surface area contributed by atoms with Gasteiger partial charge in [0.2, 0.25) is 0 Å². The Balaban J connectivity index is -0.000000969. The number of ether oxygens (including phenoxy) is 1. The van der Waals surface area contributed by atoms with E-state index >= 15 is 0 Å². The number of hydrogen-bond donors (Lipinski definition) is 8. The fraction of sp³-hybridized carbons (Fsp3) is 0.944. The summed E-state index contributed by atoms with van der Waals surface area (Å²) in [4.78, 5) is 25.9. The van der Waals surface area contributed by atoms with Crippen molar-refractivity contribution in [1.29, 1.82) is 0 Å². The van der Waals surface area contributed by atoms with Crippen molar-refractivity contribution in [3.05, 3.63) is 0 Å². The summed E-state index contributed by atoms with van der Waals surface area (Å²) in [6.07, 6.45) is 21.8. The third-order valence-corrected chi connectivity index (χ3v) is 9.33. The molecule has 0 saturated carbocycles. The Kier molecular flexibility index (Phi) is 44.6. The highest BCUT2D eigenvalue weighted by molar-refractivity contribution is 7.87. The maximum absolute atomic E-state index is 11.5. The lowest BCUT2D eigenvalue weighted by atomic mass is 10.0. The second kappa shape index (κ2) is 42.3. The smallest absolute Gasteiger partial charge is 0.325 e. The Morgan fingerprint density at radius 3 is 1.02 bits per heavy atom. The molecule has 314 valence electrons. The maximum Gasteiger partial charge on any atom is 0.325 e. The van der Waals surface area contributed by atoms with Crippen LogP contribution in [0.2, 0.25) is 0 Å². The van der Waals surface area contributed by atoms with Crippen molar-refractivity contribution in [1.82, 2.24) is 9.80 Å². The zero-order valence-electron chi connectivity index (χ0n) is 32.1. The average molecular weight is 777 g/mol. The summed E-state index contributed by atoms with van der Waals surface area (Å²) >= 11 is 0. The maximum atomic E-state index is 11.5. The van der Waals surface area contributed by atoms with Crippen molar-refractivity contribution >= 4 is 22.1 Å². The van der Waals surface area contributed by atoms with Gasteiger partial charge in [0.1, 0.15) is 0 Å². The molecular formula is C36H76N2O13S. The van der Waals surface area contributed by atoms with Crippen LogP contribution in [0.3, 0.4) is 0 Å². The molecular weight excluding hydrogens is 700 g/mol. The summed E-state index contributed by atoms with van der Waals surface area (Å²) in [5.74, 6) is -2.69. The highest BCUT2D eigenvalue weighted by Crippen LogP contribution is 2.14. The summed E-state index contributed by atoms with van der Waals surface area (Å²) < 4.78 is 35.5. The van der Waals surface area contributed by atoms with Crippen molar-refractivity contribution in [2.75, 3.05) is 85.5 Å². The van der Waals surface area contributed by atoms with E-state index in [0.717, 1.165) is 19.3 Å². The molecule has 1 atom stereocenters. The van der Waals surface area contributed by atoms with Crippen LogP contribution >= 0.6 is 0 Å². The summed E-state index contributed by atoms with van der Waals surface area (Å²) in [5.41, 5.74) is 0. The van der Waals surface area contributed by atoms with Crippen LogP contribution < -0.4 is 0 Å². The monoisotopic (exact) mass is 777 g/mol. The van der Waals surface area contributed by atoms with E-state index in [1.54, 1.807) is 9.80 Å². The first-order valence-corrected chi connectivity index (χ1v) is 20.9. The molecule has 0 aromatic heterocycles. The van der Waals surface area contributed by atoms with Gasteiger partial charge in [0.25, 0.3) is 10.1 Å². The van der Waals surface area contributed by atoms with E-state index in [0.29, 0.717) is 45.7 Å². The molecule has 52 heavy (non-hydrogen) atoms. The molecule has 0 spiro atoms. The molecule has 0 fully saturated rings. The molecule has 0 radical (unpaired) electrons. The quantitative estimate of drug-likeness (QED) is 0.0262. The molecule has 0 aliphatic rings. The molecule has 0 aromatic carbocycles. The SMILES string of the molecule is CCCCCCCCCCCCCCCCCCCCOC(=O)CC(C(=O)O)S(=O)(=O)O.OCCN(CCO)CCO.OCCN(CCO)CCO. The largest absolute Gasteiger partial charge is 0.480 e. The minimum Gasteiger partial charge on any atom is -0.480 e. The first-order chi connectivity index (χ1) is 25.0. The first kappa shape index (κ1) is 54.9. The lowest BCUT2D eigenvalue weighted by molar-refractivity contribution is -0.147. The van der Waals surface area contributed by atoms with Gasteiger partial charge in [-0.05, 0) is 6.42 Å². The van der Waals surface area contributed by atoms with Crippen LogP contribution in [0, 0.1) is 0 Å². The van der Waals surface area contributed by atoms with E-state index in [1.165, 1.54) is 89.9 Å². The van der Waals surface area contributed by atoms with Gasteiger partial charge in [-0.2, -0.15) is 8.42 Å². The lowest BCUT2D eigenvalue weighted by Gasteiger charge is -2.17. The second-order valence-corrected chi connectivity index (χ2v) is 14.4. The number of esters is 1. The minimum atomic E-state index is -4.82. The molecule has 1 unspecified atom stereocenters. The molecule has 0 rings (SSSR count). The summed E-state index contributed by atoms with van der Waals surface area (Å²) in [5, 5.41) is 57.5. The third-order valence-electron chi connectivity index (χ3n) is 8.25. The first-order valence-electron chi connectivity index (χ1n) is 19.4. The van der Waals surface area contributed by atoms with Gasteiger partial charge in [-0.25, -0.2) is 0 Å². The number of carboxylic acids is 1. The highest BCUT2D eigenvalue weighted by Gasteiger charge is 2.33. The van der Waals surface area contributed by atoms with Crippen LogP contribution in [-0.2, 0) is 24.4 Å². The van der Waals surface area contributed by atoms with E-state index in [9.17, 15) is 18.0 Å². The number of aliphatic carboxylic acids is 1. The Bertz CT molecular complexity index is 823. The highest BCUT2D eigenvalue weighted by atomic mass is 32.2. The molecule has 8 N–H and O–H groups in total. The van der Waals surface area contributed by atoms with Gasteiger partial charge >= 0.3 is 11.9 Å². The van der Waals surface area contributed by atoms with Gasteiger partial charge in [-0.1, -0.05) is 116 Å². The van der Waals surface area contributed by atoms with Gasteiger partial charge in [0.05, 0.1) is 52.7 Å². The fourth-order valence-corrected chi connectivity index (χ4v) is 5.84. The summed E-state index contributed by atoms with van der Waals surface area (Å²) in [6.45, 7) is 5.90. The summed E-state index contributed by atoms with van der Waals surface area (Å²) in [7, 11) is -4.82. The Morgan fingerprint density at radius 1 is 0.519 bits per heavy atom. The average Bonchev–Trinajstić information content (AvgIpc) is 3.09. The Hall–Kier alpha value is -1.47. The van der Waals surface area contributed by atoms with Gasteiger partial charge in [0, 0.05) is 39.3 Å². The van der Waals surface area contributed by atoms with Gasteiger partial charge in [-0.15, -0.1) is 0 Å². The van der Waals surface area contributed by atoms with Crippen molar-refractivity contribution in [3.63, 3.8) is 0 Å². The number of rotatable bonds is 35. The zero-order valence-corrected chi connectivity index (χ0v) is 32.9. The number of aliphatic hydroxyl groups excluding tert-OH is 6. The number of hydrogen-bond acceptors (Lipinski definition) is 13.